The van der Waals surface area contributed by atoms with Crippen molar-refractivity contribution in [2.45, 2.75) is 32.2 Å². The van der Waals surface area contributed by atoms with E-state index in [4.69, 9.17) is 5.73 Å². The molecule has 0 heterocycles. The average molecular weight is 341 g/mol. The minimum atomic E-state index is -0.182. The van der Waals surface area contributed by atoms with Gasteiger partial charge in [-0.05, 0) is 64.6 Å². The van der Waals surface area contributed by atoms with Crippen molar-refractivity contribution in [3.63, 3.8) is 0 Å². The van der Waals surface area contributed by atoms with Gasteiger partial charge in [0.25, 0.3) is 0 Å². The molecule has 2 saturated carbocycles. The fraction of sp³-hybridized carbons (Fsp3) is 0.625. The molecule has 0 amide bonds. The van der Waals surface area contributed by atoms with E-state index < -0.39 is 0 Å². The van der Waals surface area contributed by atoms with Crippen LogP contribution in [0.3, 0.4) is 0 Å². The largest absolute Gasteiger partial charge is 0.372 e. The van der Waals surface area contributed by atoms with E-state index in [0.29, 0.717) is 16.7 Å². The summed E-state index contributed by atoms with van der Waals surface area (Å²) in [7, 11) is 2.00. The normalized spacial score (nSPS) is 28.1. The number of hydrogen-bond donors (Lipinski definition) is 1. The minimum Gasteiger partial charge on any atom is -0.372 e. The predicted molar refractivity (Wildman–Crippen MR) is 84.2 cm³/mol. The summed E-state index contributed by atoms with van der Waals surface area (Å²) in [4.78, 5) is 2.08. The number of halogens is 2. The van der Waals surface area contributed by atoms with Gasteiger partial charge in [0.05, 0.1) is 10.2 Å². The van der Waals surface area contributed by atoms with Gasteiger partial charge in [-0.2, -0.15) is 0 Å². The lowest BCUT2D eigenvalue weighted by molar-refractivity contribution is 0.337. The number of nitrogens with zero attached hydrogens (tertiary/aromatic N) is 1. The molecular formula is C16H22BrFN2. The molecule has 0 radical (unpaired) electrons. The molecule has 3 unspecified atom stereocenters. The number of fused-ring (bicyclic) bond motifs is 2. The third-order valence-corrected chi connectivity index (χ3v) is 6.02. The van der Waals surface area contributed by atoms with Crippen LogP contribution < -0.4 is 10.6 Å². The molecule has 2 fully saturated rings. The zero-order valence-electron chi connectivity index (χ0n) is 11.9. The molecule has 3 rings (SSSR count). The van der Waals surface area contributed by atoms with E-state index in [0.717, 1.165) is 29.9 Å². The van der Waals surface area contributed by atoms with Gasteiger partial charge in [0.2, 0.25) is 0 Å². The molecule has 2 bridgehead atoms. The molecule has 0 aliphatic heterocycles. The van der Waals surface area contributed by atoms with E-state index in [-0.39, 0.29) is 5.82 Å². The average Bonchev–Trinajstić information content (AvgIpc) is 3.04. The van der Waals surface area contributed by atoms with Gasteiger partial charge in [-0.25, -0.2) is 4.39 Å². The highest BCUT2D eigenvalue weighted by Crippen LogP contribution is 2.48. The zero-order chi connectivity index (χ0) is 14.3. The first-order valence-electron chi connectivity index (χ1n) is 7.48. The Kier molecular flexibility index (Phi) is 4.04. The lowest BCUT2D eigenvalue weighted by atomic mass is 9.88. The Morgan fingerprint density at radius 3 is 2.75 bits per heavy atom. The second kappa shape index (κ2) is 5.64. The first-order valence-corrected chi connectivity index (χ1v) is 8.27. The molecule has 2 N–H and O–H groups in total. The minimum absolute atomic E-state index is 0.182. The molecule has 20 heavy (non-hydrogen) atoms. The summed E-state index contributed by atoms with van der Waals surface area (Å²) in [5.74, 6) is 2.37. The first-order chi connectivity index (χ1) is 9.60. The summed E-state index contributed by atoms with van der Waals surface area (Å²) in [6, 6.07) is 3.77. The Morgan fingerprint density at radius 1 is 1.35 bits per heavy atom. The van der Waals surface area contributed by atoms with E-state index in [9.17, 15) is 4.39 Å². The highest BCUT2D eigenvalue weighted by Gasteiger charge is 2.39. The Morgan fingerprint density at radius 2 is 2.15 bits per heavy atom. The molecule has 3 atom stereocenters. The summed E-state index contributed by atoms with van der Waals surface area (Å²) in [6.07, 6.45) is 5.52. The second-order valence-corrected chi connectivity index (χ2v) is 7.18. The number of nitrogens with two attached hydrogens (primary N) is 1. The van der Waals surface area contributed by atoms with Crippen molar-refractivity contribution < 1.29 is 4.39 Å². The van der Waals surface area contributed by atoms with Crippen molar-refractivity contribution in [1.82, 2.24) is 0 Å². The van der Waals surface area contributed by atoms with Gasteiger partial charge >= 0.3 is 0 Å². The highest BCUT2D eigenvalue weighted by molar-refractivity contribution is 9.10. The molecule has 4 heteroatoms. The lowest BCUT2D eigenvalue weighted by Gasteiger charge is -2.29. The molecule has 0 spiro atoms. The van der Waals surface area contributed by atoms with E-state index in [1.54, 1.807) is 0 Å². The summed E-state index contributed by atoms with van der Waals surface area (Å²) in [5, 5.41) is 0. The van der Waals surface area contributed by atoms with Crippen LogP contribution in [-0.2, 0) is 6.54 Å². The van der Waals surface area contributed by atoms with Gasteiger partial charge in [0.15, 0.2) is 5.82 Å². The van der Waals surface area contributed by atoms with Crippen LogP contribution in [0.4, 0.5) is 10.1 Å². The molecule has 0 aromatic heterocycles. The van der Waals surface area contributed by atoms with E-state index in [1.807, 2.05) is 19.2 Å². The highest BCUT2D eigenvalue weighted by atomic mass is 79.9. The lowest BCUT2D eigenvalue weighted by Crippen LogP contribution is -2.29. The maximum atomic E-state index is 14.4. The Balaban J connectivity index is 1.74. The van der Waals surface area contributed by atoms with Crippen molar-refractivity contribution in [2.75, 3.05) is 18.5 Å². The maximum Gasteiger partial charge on any atom is 0.160 e. The molecule has 2 nitrogen and oxygen atoms in total. The van der Waals surface area contributed by atoms with E-state index >= 15 is 0 Å². The van der Waals surface area contributed by atoms with Gasteiger partial charge in [-0.15, -0.1) is 0 Å². The topological polar surface area (TPSA) is 29.3 Å². The standard InChI is InChI=1S/C16H22BrFN2/c1-20(9-13-7-10-2-3-11(13)6-10)14-5-4-12(8-19)15(17)16(14)18/h4-5,10-11,13H,2-3,6-9,19H2,1H3. The Labute approximate surface area is 128 Å². The van der Waals surface area contributed by atoms with Crippen LogP contribution in [0.5, 0.6) is 0 Å². The Hall–Kier alpha value is -0.610. The van der Waals surface area contributed by atoms with Crippen molar-refractivity contribution in [1.29, 1.82) is 0 Å². The quantitative estimate of drug-likeness (QED) is 0.899. The van der Waals surface area contributed by atoms with Gasteiger partial charge in [-0.3, -0.25) is 0 Å². The molecule has 1 aromatic carbocycles. The van der Waals surface area contributed by atoms with Crippen LogP contribution in [0.2, 0.25) is 0 Å². The third-order valence-electron chi connectivity index (χ3n) is 5.17. The van der Waals surface area contributed by atoms with Crippen molar-refractivity contribution >= 4 is 21.6 Å². The van der Waals surface area contributed by atoms with Crippen LogP contribution in [0, 0.1) is 23.6 Å². The van der Waals surface area contributed by atoms with Crippen molar-refractivity contribution in [3.05, 3.63) is 28.0 Å². The van der Waals surface area contributed by atoms with Crippen molar-refractivity contribution in [2.24, 2.45) is 23.5 Å². The van der Waals surface area contributed by atoms with Gasteiger partial charge in [-0.1, -0.05) is 12.5 Å². The van der Waals surface area contributed by atoms with E-state index in [1.165, 1.54) is 25.7 Å². The van der Waals surface area contributed by atoms with Crippen LogP contribution in [0.15, 0.2) is 16.6 Å². The molecule has 2 aliphatic rings. The summed E-state index contributed by atoms with van der Waals surface area (Å²) in [5.41, 5.74) is 7.11. The monoisotopic (exact) mass is 340 g/mol. The molecule has 2 aliphatic carbocycles. The first kappa shape index (κ1) is 14.3. The third kappa shape index (κ3) is 2.48. The van der Waals surface area contributed by atoms with E-state index in [2.05, 4.69) is 20.8 Å². The van der Waals surface area contributed by atoms with Gasteiger partial charge < -0.3 is 10.6 Å². The second-order valence-electron chi connectivity index (χ2n) is 6.39. The predicted octanol–water partition coefficient (Wildman–Crippen LogP) is 3.92. The van der Waals surface area contributed by atoms with Gasteiger partial charge in [0, 0.05) is 20.1 Å². The Bertz CT molecular complexity index is 505. The SMILES string of the molecule is CN(CC1CC2CCC1C2)c1ccc(CN)c(Br)c1F. The number of rotatable bonds is 4. The van der Waals surface area contributed by atoms with Crippen LogP contribution in [0.25, 0.3) is 0 Å². The molecule has 110 valence electrons. The maximum absolute atomic E-state index is 14.4. The fourth-order valence-electron chi connectivity index (χ4n) is 4.08. The molecular weight excluding hydrogens is 319 g/mol. The smallest absolute Gasteiger partial charge is 0.160 e. The zero-order valence-corrected chi connectivity index (χ0v) is 13.5. The van der Waals surface area contributed by atoms with Crippen LogP contribution in [0.1, 0.15) is 31.2 Å². The fourth-order valence-corrected chi connectivity index (χ4v) is 4.58. The summed E-state index contributed by atoms with van der Waals surface area (Å²) >= 11 is 3.32. The van der Waals surface area contributed by atoms with Gasteiger partial charge in [0.1, 0.15) is 0 Å². The number of anilines is 1. The van der Waals surface area contributed by atoms with Crippen LogP contribution >= 0.6 is 15.9 Å². The summed E-state index contributed by atoms with van der Waals surface area (Å²) < 4.78 is 14.9. The van der Waals surface area contributed by atoms with Crippen LogP contribution in [-0.4, -0.2) is 13.6 Å². The molecule has 0 saturated heterocycles. The molecule has 1 aromatic rings. The summed E-state index contributed by atoms with van der Waals surface area (Å²) in [6.45, 7) is 1.32. The number of hydrogen-bond acceptors (Lipinski definition) is 2. The number of benzene rings is 1. The van der Waals surface area contributed by atoms with Crippen molar-refractivity contribution in [3.8, 4) is 0 Å².